The van der Waals surface area contributed by atoms with Crippen molar-refractivity contribution in [2.24, 2.45) is 14.1 Å². The van der Waals surface area contributed by atoms with Crippen LogP contribution in [0, 0.1) is 0 Å². The Hall–Kier alpha value is -2.31. The van der Waals surface area contributed by atoms with Crippen LogP contribution in [0.5, 0.6) is 0 Å². The van der Waals surface area contributed by atoms with Gasteiger partial charge in [-0.05, 0) is 25.0 Å². The van der Waals surface area contributed by atoms with Gasteiger partial charge in [-0.3, -0.25) is 9.36 Å². The largest absolute Gasteiger partial charge is 0.348 e. The van der Waals surface area contributed by atoms with E-state index in [0.29, 0.717) is 18.7 Å². The van der Waals surface area contributed by atoms with Crippen LogP contribution in [-0.4, -0.2) is 30.9 Å². The van der Waals surface area contributed by atoms with E-state index in [9.17, 15) is 9.59 Å². The van der Waals surface area contributed by atoms with E-state index in [-0.39, 0.29) is 17.6 Å². The van der Waals surface area contributed by atoms with Crippen molar-refractivity contribution >= 4 is 5.91 Å². The molecule has 1 N–H and O–H groups in total. The molecule has 0 radical (unpaired) electrons. The predicted molar refractivity (Wildman–Crippen MR) is 77.1 cm³/mol. The third-order valence-corrected chi connectivity index (χ3v) is 4.01. The van der Waals surface area contributed by atoms with Gasteiger partial charge in [0.15, 0.2) is 0 Å². The molecule has 1 aliphatic heterocycles. The Morgan fingerprint density at radius 3 is 2.90 bits per heavy atom. The van der Waals surface area contributed by atoms with E-state index < -0.39 is 0 Å². The number of nitrogens with zero attached hydrogens (tertiary/aromatic N) is 4. The van der Waals surface area contributed by atoms with Crippen LogP contribution in [0.25, 0.3) is 0 Å². The molecular weight excluding hydrogens is 270 g/mol. The second-order valence-electron chi connectivity index (χ2n) is 5.48. The topological polar surface area (TPSA) is 73.8 Å². The molecular formula is C14H19N5O2. The third kappa shape index (κ3) is 2.51. The molecule has 3 rings (SSSR count). The lowest BCUT2D eigenvalue weighted by Gasteiger charge is -2.16. The summed E-state index contributed by atoms with van der Waals surface area (Å²) in [5.41, 5.74) is 0.562. The van der Waals surface area contributed by atoms with Crippen LogP contribution in [0.4, 0.5) is 0 Å². The zero-order valence-electron chi connectivity index (χ0n) is 12.2. The van der Waals surface area contributed by atoms with Crippen molar-refractivity contribution in [2.45, 2.75) is 31.8 Å². The van der Waals surface area contributed by atoms with E-state index in [2.05, 4.69) is 10.4 Å². The van der Waals surface area contributed by atoms with E-state index in [4.69, 9.17) is 0 Å². The van der Waals surface area contributed by atoms with Crippen LogP contribution >= 0.6 is 0 Å². The lowest BCUT2D eigenvalue weighted by Crippen LogP contribution is -2.36. The first kappa shape index (κ1) is 13.7. The highest BCUT2D eigenvalue weighted by Crippen LogP contribution is 2.12. The van der Waals surface area contributed by atoms with Gasteiger partial charge in [0.05, 0.1) is 0 Å². The van der Waals surface area contributed by atoms with Crippen LogP contribution in [0.1, 0.15) is 29.2 Å². The van der Waals surface area contributed by atoms with Crippen molar-refractivity contribution < 1.29 is 4.79 Å². The summed E-state index contributed by atoms with van der Waals surface area (Å²) >= 11 is 0. The number of carbonyl (C=O) groups is 1. The molecule has 0 aromatic carbocycles. The average Bonchev–Trinajstić information content (AvgIpc) is 2.92. The normalized spacial score (nSPS) is 18.1. The van der Waals surface area contributed by atoms with Gasteiger partial charge < -0.3 is 9.88 Å². The summed E-state index contributed by atoms with van der Waals surface area (Å²) in [4.78, 5) is 24.1. The van der Waals surface area contributed by atoms with Crippen molar-refractivity contribution in [3.63, 3.8) is 0 Å². The molecule has 0 bridgehead atoms. The molecule has 0 saturated carbocycles. The fraction of sp³-hybridized carbons (Fsp3) is 0.500. The minimum atomic E-state index is -0.0839. The predicted octanol–water partition coefficient (Wildman–Crippen LogP) is 0.0552. The number of aromatic nitrogens is 4. The first-order valence-corrected chi connectivity index (χ1v) is 7.11. The molecule has 0 fully saturated rings. The van der Waals surface area contributed by atoms with Crippen molar-refractivity contribution in [1.29, 1.82) is 0 Å². The standard InChI is InChI=1S/C14H19N5O2/c1-17-8-3-4-11(17)13(20)15-10-5-6-12-16-18(2)14(21)19(12)9-7-10/h3-4,8,10H,5-7,9H2,1-2H3,(H,15,20). The Balaban J connectivity index is 1.69. The van der Waals surface area contributed by atoms with Crippen LogP contribution in [-0.2, 0) is 27.1 Å². The van der Waals surface area contributed by atoms with E-state index in [1.807, 2.05) is 19.3 Å². The third-order valence-electron chi connectivity index (χ3n) is 4.01. The molecule has 0 aliphatic carbocycles. The summed E-state index contributed by atoms with van der Waals surface area (Å²) in [5.74, 6) is 0.734. The molecule has 1 amide bonds. The molecule has 7 heteroatoms. The van der Waals surface area contributed by atoms with Gasteiger partial charge in [0, 0.05) is 39.3 Å². The number of amides is 1. The maximum Gasteiger partial charge on any atom is 0.345 e. The van der Waals surface area contributed by atoms with E-state index in [0.717, 1.165) is 18.7 Å². The van der Waals surface area contributed by atoms with Crippen LogP contribution < -0.4 is 11.0 Å². The number of nitrogens with one attached hydrogen (secondary N) is 1. The van der Waals surface area contributed by atoms with Crippen LogP contribution in [0.2, 0.25) is 0 Å². The van der Waals surface area contributed by atoms with Gasteiger partial charge in [0.1, 0.15) is 11.5 Å². The van der Waals surface area contributed by atoms with E-state index in [1.165, 1.54) is 4.68 Å². The summed E-state index contributed by atoms with van der Waals surface area (Å²) in [7, 11) is 3.51. The molecule has 1 unspecified atom stereocenters. The fourth-order valence-corrected chi connectivity index (χ4v) is 2.80. The minimum absolute atomic E-state index is 0.0683. The second-order valence-corrected chi connectivity index (χ2v) is 5.48. The number of hydrogen-bond donors (Lipinski definition) is 1. The highest BCUT2D eigenvalue weighted by Gasteiger charge is 2.22. The maximum absolute atomic E-state index is 12.2. The zero-order chi connectivity index (χ0) is 15.0. The number of carbonyl (C=O) groups excluding carboxylic acids is 1. The van der Waals surface area contributed by atoms with Crippen molar-refractivity contribution in [3.8, 4) is 0 Å². The molecule has 0 spiro atoms. The Labute approximate surface area is 122 Å². The first-order chi connectivity index (χ1) is 10.1. The van der Waals surface area contributed by atoms with Gasteiger partial charge in [0.2, 0.25) is 0 Å². The van der Waals surface area contributed by atoms with E-state index >= 15 is 0 Å². The maximum atomic E-state index is 12.2. The van der Waals surface area contributed by atoms with Gasteiger partial charge >= 0.3 is 5.69 Å². The molecule has 1 aliphatic rings. The van der Waals surface area contributed by atoms with Crippen molar-refractivity contribution in [2.75, 3.05) is 0 Å². The Morgan fingerprint density at radius 2 is 2.19 bits per heavy atom. The summed E-state index contributed by atoms with van der Waals surface area (Å²) < 4.78 is 4.87. The zero-order valence-corrected chi connectivity index (χ0v) is 12.2. The Kier molecular flexibility index (Phi) is 3.40. The quantitative estimate of drug-likeness (QED) is 0.849. The van der Waals surface area contributed by atoms with E-state index in [1.54, 1.807) is 22.2 Å². The molecule has 1 atom stereocenters. The highest BCUT2D eigenvalue weighted by molar-refractivity contribution is 5.92. The van der Waals surface area contributed by atoms with Crippen LogP contribution in [0.15, 0.2) is 23.1 Å². The number of rotatable bonds is 2. The summed E-state index contributed by atoms with van der Waals surface area (Å²) in [6.45, 7) is 0.597. The van der Waals surface area contributed by atoms with Crippen molar-refractivity contribution in [1.82, 2.24) is 24.2 Å². The van der Waals surface area contributed by atoms with Gasteiger partial charge in [0.25, 0.3) is 5.91 Å². The summed E-state index contributed by atoms with van der Waals surface area (Å²) in [5, 5.41) is 7.29. The summed E-state index contributed by atoms with van der Waals surface area (Å²) in [6, 6.07) is 3.72. The Bertz CT molecular complexity index is 724. The summed E-state index contributed by atoms with van der Waals surface area (Å²) in [6.07, 6.45) is 4.09. The Morgan fingerprint density at radius 1 is 1.38 bits per heavy atom. The highest BCUT2D eigenvalue weighted by atomic mass is 16.2. The molecule has 3 heterocycles. The van der Waals surface area contributed by atoms with Gasteiger partial charge in [-0.25, -0.2) is 9.48 Å². The van der Waals surface area contributed by atoms with Gasteiger partial charge in [-0.2, -0.15) is 5.10 Å². The fourth-order valence-electron chi connectivity index (χ4n) is 2.80. The smallest absolute Gasteiger partial charge is 0.345 e. The van der Waals surface area contributed by atoms with Crippen molar-refractivity contribution in [3.05, 3.63) is 40.3 Å². The average molecular weight is 289 g/mol. The number of aryl methyl sites for hydroxylation is 3. The van der Waals surface area contributed by atoms with Gasteiger partial charge in [-0.15, -0.1) is 0 Å². The lowest BCUT2D eigenvalue weighted by atomic mass is 10.1. The molecule has 21 heavy (non-hydrogen) atoms. The monoisotopic (exact) mass is 289 g/mol. The molecule has 112 valence electrons. The number of hydrogen-bond acceptors (Lipinski definition) is 3. The molecule has 2 aromatic heterocycles. The molecule has 0 saturated heterocycles. The number of fused-ring (bicyclic) bond motifs is 1. The van der Waals surface area contributed by atoms with Crippen LogP contribution in [0.3, 0.4) is 0 Å². The van der Waals surface area contributed by atoms with Gasteiger partial charge in [-0.1, -0.05) is 0 Å². The lowest BCUT2D eigenvalue weighted by molar-refractivity contribution is 0.0924. The minimum Gasteiger partial charge on any atom is -0.348 e. The molecule has 7 nitrogen and oxygen atoms in total. The first-order valence-electron chi connectivity index (χ1n) is 7.11. The molecule has 2 aromatic rings. The SMILES string of the molecule is Cn1cccc1C(=O)NC1CCc2nn(C)c(=O)n2CC1. The second kappa shape index (κ2) is 5.23.